The quantitative estimate of drug-likeness (QED) is 0.689. The van der Waals surface area contributed by atoms with E-state index in [0.717, 1.165) is 35.5 Å². The number of hydrogen-bond donors (Lipinski definition) is 1. The smallest absolute Gasteiger partial charge is 0.159 e. The molecule has 1 N–H and O–H groups in total. The van der Waals surface area contributed by atoms with Gasteiger partial charge in [0.15, 0.2) is 12.4 Å². The maximum absolute atomic E-state index is 10.3. The minimum atomic E-state index is -0.674. The Balaban J connectivity index is 1.55. The third kappa shape index (κ3) is 1.10. The van der Waals surface area contributed by atoms with Crippen molar-refractivity contribution in [2.24, 2.45) is 59.2 Å². The lowest BCUT2D eigenvalue weighted by Crippen LogP contribution is -2.44. The average molecular weight is 273 g/mol. The summed E-state index contributed by atoms with van der Waals surface area (Å²) in [6.45, 7) is 4.88. The van der Waals surface area contributed by atoms with Gasteiger partial charge in [0.05, 0.1) is 6.07 Å². The molecule has 1 aliphatic heterocycles. The van der Waals surface area contributed by atoms with E-state index in [2.05, 4.69) is 19.9 Å². The Hall–Kier alpha value is -0.590. The van der Waals surface area contributed by atoms with Gasteiger partial charge in [-0.2, -0.15) is 5.26 Å². The Labute approximate surface area is 120 Å². The summed E-state index contributed by atoms with van der Waals surface area (Å²) in [5.74, 6) is 7.00. The van der Waals surface area contributed by atoms with Crippen LogP contribution in [0.25, 0.3) is 0 Å². The monoisotopic (exact) mass is 273 g/mol. The molecule has 108 valence electrons. The predicted octanol–water partition coefficient (Wildman–Crippen LogP) is 2.26. The number of ether oxygens (including phenoxy) is 1. The summed E-state index contributed by atoms with van der Waals surface area (Å²) >= 11 is 0. The fraction of sp³-hybridized carbons (Fsp3) is 0.941. The topological polar surface area (TPSA) is 53.2 Å². The molecule has 20 heavy (non-hydrogen) atoms. The Bertz CT molecular complexity index is 500. The standard InChI is InChI=1S/C17H23NO2/c1-6-7(2)9-3-8(6)13-10-4-11(14(9)13)16-15(10)12(5-18)20-17(16)19/h6-17,19H,3-4H2,1-2H3/t6?,7?,8?,9?,10-,11?,12?,13?,14?,15?,16?,17-/m1/s1. The fourth-order valence-electron chi connectivity index (χ4n) is 7.62. The van der Waals surface area contributed by atoms with Crippen LogP contribution in [0.15, 0.2) is 0 Å². The van der Waals surface area contributed by atoms with Gasteiger partial charge in [-0.3, -0.25) is 0 Å². The molecule has 0 aromatic rings. The van der Waals surface area contributed by atoms with Crippen molar-refractivity contribution in [1.29, 1.82) is 5.26 Å². The normalized spacial score (nSPS) is 69.1. The second-order valence-electron chi connectivity index (χ2n) is 8.23. The molecule has 0 aromatic heterocycles. The minimum Gasteiger partial charge on any atom is -0.368 e. The minimum absolute atomic E-state index is 0.257. The van der Waals surface area contributed by atoms with E-state index in [4.69, 9.17) is 4.74 Å². The van der Waals surface area contributed by atoms with Crippen LogP contribution in [-0.2, 0) is 4.74 Å². The molecule has 5 rings (SSSR count). The first kappa shape index (κ1) is 12.0. The zero-order chi connectivity index (χ0) is 13.8. The van der Waals surface area contributed by atoms with E-state index in [-0.39, 0.29) is 12.0 Å². The Morgan fingerprint density at radius 3 is 2.05 bits per heavy atom. The van der Waals surface area contributed by atoms with Crippen LogP contribution >= 0.6 is 0 Å². The highest BCUT2D eigenvalue weighted by Crippen LogP contribution is 2.74. The summed E-state index contributed by atoms with van der Waals surface area (Å²) in [6.07, 6.45) is 1.65. The molecule has 0 radical (unpaired) electrons. The molecule has 10 unspecified atom stereocenters. The van der Waals surface area contributed by atoms with Crippen LogP contribution in [0.2, 0.25) is 0 Å². The molecule has 4 bridgehead atoms. The first-order valence-corrected chi connectivity index (χ1v) is 8.36. The second-order valence-corrected chi connectivity index (χ2v) is 8.23. The molecule has 12 atom stereocenters. The number of nitrogens with zero attached hydrogens (tertiary/aromatic N) is 1. The molecule has 1 heterocycles. The molecule has 1 saturated heterocycles. The Kier molecular flexibility index (Phi) is 2.16. The molecule has 3 nitrogen and oxygen atoms in total. The first-order valence-electron chi connectivity index (χ1n) is 8.36. The second kappa shape index (κ2) is 3.59. The molecular weight excluding hydrogens is 250 g/mol. The summed E-state index contributed by atoms with van der Waals surface area (Å²) in [6, 6.07) is 2.31. The molecule has 4 aliphatic carbocycles. The fourth-order valence-corrected chi connectivity index (χ4v) is 7.62. The summed E-state index contributed by atoms with van der Waals surface area (Å²) in [5.41, 5.74) is 0. The van der Waals surface area contributed by atoms with Crippen molar-refractivity contribution < 1.29 is 9.84 Å². The molecule has 0 amide bonds. The van der Waals surface area contributed by atoms with Crippen LogP contribution in [0.1, 0.15) is 26.7 Å². The Morgan fingerprint density at radius 2 is 1.45 bits per heavy atom. The largest absolute Gasteiger partial charge is 0.368 e. The van der Waals surface area contributed by atoms with E-state index >= 15 is 0 Å². The number of nitriles is 1. The van der Waals surface area contributed by atoms with Crippen molar-refractivity contribution in [3.8, 4) is 6.07 Å². The highest BCUT2D eigenvalue weighted by atomic mass is 16.6. The van der Waals surface area contributed by atoms with Crippen molar-refractivity contribution in [1.82, 2.24) is 0 Å². The number of rotatable bonds is 0. The van der Waals surface area contributed by atoms with Gasteiger partial charge in [-0.05, 0) is 60.2 Å². The molecular formula is C17H23NO2. The van der Waals surface area contributed by atoms with Gasteiger partial charge in [-0.1, -0.05) is 13.8 Å². The van der Waals surface area contributed by atoms with E-state index in [1.165, 1.54) is 12.8 Å². The highest BCUT2D eigenvalue weighted by molar-refractivity contribution is 5.20. The summed E-state index contributed by atoms with van der Waals surface area (Å²) in [4.78, 5) is 0. The van der Waals surface area contributed by atoms with Crippen LogP contribution in [0, 0.1) is 70.5 Å². The Morgan fingerprint density at radius 1 is 0.900 bits per heavy atom. The molecule has 5 fully saturated rings. The molecule has 0 aromatic carbocycles. The van der Waals surface area contributed by atoms with E-state index in [1.807, 2.05) is 0 Å². The van der Waals surface area contributed by atoms with Gasteiger partial charge in [-0.15, -0.1) is 0 Å². The van der Waals surface area contributed by atoms with Crippen LogP contribution < -0.4 is 0 Å². The molecule has 3 heteroatoms. The third-order valence-electron chi connectivity index (χ3n) is 8.22. The first-order chi connectivity index (χ1) is 9.63. The lowest BCUT2D eigenvalue weighted by atomic mass is 9.59. The average Bonchev–Trinajstić information content (AvgIpc) is 3.16. The van der Waals surface area contributed by atoms with Gasteiger partial charge >= 0.3 is 0 Å². The van der Waals surface area contributed by atoms with Crippen LogP contribution in [-0.4, -0.2) is 17.5 Å². The van der Waals surface area contributed by atoms with Crippen LogP contribution in [0.3, 0.4) is 0 Å². The van der Waals surface area contributed by atoms with Crippen LogP contribution in [0.4, 0.5) is 0 Å². The van der Waals surface area contributed by atoms with Crippen molar-refractivity contribution in [3.05, 3.63) is 0 Å². The van der Waals surface area contributed by atoms with E-state index in [9.17, 15) is 10.4 Å². The van der Waals surface area contributed by atoms with Gasteiger partial charge in [0, 0.05) is 11.8 Å². The van der Waals surface area contributed by atoms with Crippen molar-refractivity contribution in [2.75, 3.05) is 0 Å². The van der Waals surface area contributed by atoms with Gasteiger partial charge in [0.2, 0.25) is 0 Å². The molecule has 5 aliphatic rings. The number of aliphatic hydroxyl groups is 1. The maximum atomic E-state index is 10.3. The highest BCUT2D eigenvalue weighted by Gasteiger charge is 2.72. The van der Waals surface area contributed by atoms with Gasteiger partial charge in [-0.25, -0.2) is 0 Å². The molecule has 4 saturated carbocycles. The summed E-state index contributed by atoms with van der Waals surface area (Å²) < 4.78 is 5.56. The van der Waals surface area contributed by atoms with Crippen molar-refractivity contribution >= 4 is 0 Å². The van der Waals surface area contributed by atoms with E-state index in [0.29, 0.717) is 17.8 Å². The van der Waals surface area contributed by atoms with Crippen LogP contribution in [0.5, 0.6) is 0 Å². The van der Waals surface area contributed by atoms with Gasteiger partial charge in [0.25, 0.3) is 0 Å². The predicted molar refractivity (Wildman–Crippen MR) is 72.0 cm³/mol. The summed E-state index contributed by atoms with van der Waals surface area (Å²) in [7, 11) is 0. The summed E-state index contributed by atoms with van der Waals surface area (Å²) in [5, 5.41) is 19.6. The van der Waals surface area contributed by atoms with Crippen molar-refractivity contribution in [2.45, 2.75) is 39.1 Å². The number of aliphatic hydroxyl groups excluding tert-OH is 1. The lowest BCUT2D eigenvalue weighted by molar-refractivity contribution is -0.111. The maximum Gasteiger partial charge on any atom is 0.159 e. The van der Waals surface area contributed by atoms with E-state index < -0.39 is 6.29 Å². The van der Waals surface area contributed by atoms with Crippen molar-refractivity contribution in [3.63, 3.8) is 0 Å². The zero-order valence-electron chi connectivity index (χ0n) is 12.1. The number of hydrogen-bond acceptors (Lipinski definition) is 3. The van der Waals surface area contributed by atoms with Gasteiger partial charge in [0.1, 0.15) is 0 Å². The molecule has 0 spiro atoms. The van der Waals surface area contributed by atoms with E-state index in [1.54, 1.807) is 0 Å². The third-order valence-corrected chi connectivity index (χ3v) is 8.22. The zero-order valence-corrected chi connectivity index (χ0v) is 12.1. The lowest BCUT2D eigenvalue weighted by Gasteiger charge is -2.45. The number of fused-ring (bicyclic) bond motifs is 12. The van der Waals surface area contributed by atoms with Gasteiger partial charge < -0.3 is 9.84 Å². The SMILES string of the molecule is CC1C(C)C2CC1C1C3C[C@H](C21)C1C(C#N)O[C@@H](O)C31.